The van der Waals surface area contributed by atoms with E-state index in [1.54, 1.807) is 0 Å². The third-order valence-corrected chi connectivity index (χ3v) is 3.28. The number of carboxylic acid groups (broad SMARTS) is 1. The number of hydrogen-bond donors (Lipinski definition) is 2. The fourth-order valence-electron chi connectivity index (χ4n) is 2.48. The number of aliphatic hydroxyl groups is 1. The first-order valence-corrected chi connectivity index (χ1v) is 5.57. The van der Waals surface area contributed by atoms with Crippen LogP contribution in [-0.2, 0) is 19.9 Å². The normalized spacial score (nSPS) is 31.0. The van der Waals surface area contributed by atoms with Crippen LogP contribution in [0.4, 0.5) is 0 Å². The smallest absolute Gasteiger partial charge is 0.344 e. The molecule has 0 bridgehead atoms. The zero-order valence-corrected chi connectivity index (χ0v) is 9.65. The predicted molar refractivity (Wildman–Crippen MR) is 57.3 cm³/mol. The highest BCUT2D eigenvalue weighted by atomic mass is 16.5. The molecule has 0 aliphatic carbocycles. The lowest BCUT2D eigenvalue weighted by molar-refractivity contribution is -0.171. The molecule has 0 unspecified atom stereocenters. The van der Waals surface area contributed by atoms with Crippen LogP contribution in [0.1, 0.15) is 12.1 Å². The predicted octanol–water partition coefficient (Wildman–Crippen LogP) is -0.581. The van der Waals surface area contributed by atoms with Gasteiger partial charge < -0.3 is 19.5 Å². The van der Waals surface area contributed by atoms with Gasteiger partial charge in [-0.2, -0.15) is 0 Å². The summed E-state index contributed by atoms with van der Waals surface area (Å²) in [5.74, 6) is -1.68. The summed E-state index contributed by atoms with van der Waals surface area (Å²) < 4.78 is 10.1. The van der Waals surface area contributed by atoms with Crippen molar-refractivity contribution in [1.82, 2.24) is 10.1 Å². The molecule has 1 aromatic heterocycles. The van der Waals surface area contributed by atoms with E-state index in [2.05, 4.69) is 9.68 Å². The van der Waals surface area contributed by atoms with Gasteiger partial charge in [-0.25, -0.2) is 4.79 Å². The molecular formula is C11H10N2O6. The van der Waals surface area contributed by atoms with Crippen molar-refractivity contribution in [1.29, 1.82) is 0 Å². The molecular weight excluding hydrogens is 256 g/mol. The number of aliphatic carboxylic acids is 1. The van der Waals surface area contributed by atoms with Gasteiger partial charge in [0.25, 0.3) is 0 Å². The molecule has 0 saturated carbocycles. The molecule has 3 rings (SSSR count). The quantitative estimate of drug-likeness (QED) is 0.703. The van der Waals surface area contributed by atoms with Gasteiger partial charge in [-0.1, -0.05) is 5.16 Å². The molecule has 2 saturated heterocycles. The minimum absolute atomic E-state index is 0.0211. The minimum atomic E-state index is -1.85. The molecule has 2 aliphatic heterocycles. The van der Waals surface area contributed by atoms with Gasteiger partial charge in [0.05, 0.1) is 13.0 Å². The molecule has 2 fully saturated rings. The number of carboxylic acids is 1. The maximum absolute atomic E-state index is 11.8. The van der Waals surface area contributed by atoms with Gasteiger partial charge >= 0.3 is 5.97 Å². The molecule has 19 heavy (non-hydrogen) atoms. The summed E-state index contributed by atoms with van der Waals surface area (Å²) in [6.07, 6.45) is 1.90. The monoisotopic (exact) mass is 266 g/mol. The van der Waals surface area contributed by atoms with Gasteiger partial charge in [0.1, 0.15) is 17.7 Å². The zero-order chi connectivity index (χ0) is 13.6. The highest BCUT2D eigenvalue weighted by Crippen LogP contribution is 2.49. The number of carbonyl (C=O) groups is 2. The molecule has 8 heteroatoms. The van der Waals surface area contributed by atoms with Gasteiger partial charge in [0, 0.05) is 6.07 Å². The van der Waals surface area contributed by atoms with Crippen LogP contribution < -0.4 is 0 Å². The number of rotatable bonds is 3. The summed E-state index contributed by atoms with van der Waals surface area (Å²) >= 11 is 0. The maximum Gasteiger partial charge on any atom is 0.344 e. The van der Waals surface area contributed by atoms with Crippen molar-refractivity contribution >= 4 is 11.9 Å². The number of carbonyl (C=O) groups excluding carboxylic acids is 1. The van der Waals surface area contributed by atoms with Crippen molar-refractivity contribution in [2.75, 3.05) is 6.61 Å². The Kier molecular flexibility index (Phi) is 2.36. The molecule has 0 radical (unpaired) electrons. The Morgan fingerprint density at radius 3 is 3.00 bits per heavy atom. The Morgan fingerprint density at radius 1 is 1.68 bits per heavy atom. The topological polar surface area (TPSA) is 113 Å². The first-order valence-electron chi connectivity index (χ1n) is 5.57. The highest BCUT2D eigenvalue weighted by Gasteiger charge is 2.67. The van der Waals surface area contributed by atoms with Crippen LogP contribution in [0.5, 0.6) is 0 Å². The van der Waals surface area contributed by atoms with Crippen LogP contribution in [0.3, 0.4) is 0 Å². The fourth-order valence-corrected chi connectivity index (χ4v) is 2.48. The lowest BCUT2D eigenvalue weighted by Crippen LogP contribution is -2.61. The number of β-lactam (4-membered cyclic amide) rings is 1. The number of nitrogens with zero attached hydrogens (tertiary/aromatic N) is 2. The van der Waals surface area contributed by atoms with Crippen molar-refractivity contribution in [3.8, 4) is 0 Å². The van der Waals surface area contributed by atoms with Crippen LogP contribution in [0.2, 0.25) is 0 Å². The highest BCUT2D eigenvalue weighted by molar-refractivity contribution is 5.95. The van der Waals surface area contributed by atoms with E-state index < -0.39 is 24.3 Å². The third-order valence-electron chi connectivity index (χ3n) is 3.28. The average Bonchev–Trinajstić information content (AvgIpc) is 2.94. The van der Waals surface area contributed by atoms with E-state index in [1.165, 1.54) is 18.4 Å². The van der Waals surface area contributed by atoms with Crippen LogP contribution in [0, 0.1) is 0 Å². The summed E-state index contributed by atoms with van der Waals surface area (Å²) in [6.45, 7) is -0.406. The summed E-state index contributed by atoms with van der Waals surface area (Å²) in [5.41, 5.74) is -1.81. The number of ether oxygens (including phenoxy) is 1. The fraction of sp³-hybridized carbons (Fsp3) is 0.364. The van der Waals surface area contributed by atoms with Gasteiger partial charge in [-0.15, -0.1) is 0 Å². The molecule has 3 heterocycles. The number of aromatic nitrogens is 1. The molecule has 2 N–H and O–H groups in total. The van der Waals surface area contributed by atoms with E-state index >= 15 is 0 Å². The molecule has 2 atom stereocenters. The SMILES string of the molecule is O=C1C[C@H]2O/C(=C\CO)[C@@](C(=O)O)(c3ccon3)N12. The van der Waals surface area contributed by atoms with Crippen LogP contribution in [0.25, 0.3) is 0 Å². The van der Waals surface area contributed by atoms with Gasteiger partial charge in [-0.05, 0) is 6.08 Å². The Morgan fingerprint density at radius 2 is 2.47 bits per heavy atom. The standard InChI is InChI=1S/C11H10N2O6/c14-3-1-7-11(10(16)17,6-2-4-18-12-6)13-8(15)5-9(13)19-7/h1-2,4,9,14H,3,5H2,(H,16,17)/b7-1-/t9-,11-/m1/s1. The number of fused-ring (bicyclic) bond motifs is 1. The van der Waals surface area contributed by atoms with Crippen molar-refractivity contribution in [2.24, 2.45) is 0 Å². The second-order valence-corrected chi connectivity index (χ2v) is 4.19. The van der Waals surface area contributed by atoms with Crippen molar-refractivity contribution < 1.29 is 29.1 Å². The van der Waals surface area contributed by atoms with Crippen LogP contribution in [-0.4, -0.2) is 45.0 Å². The van der Waals surface area contributed by atoms with Crippen molar-refractivity contribution in [2.45, 2.75) is 18.2 Å². The lowest BCUT2D eigenvalue weighted by Gasteiger charge is -2.39. The van der Waals surface area contributed by atoms with Gasteiger partial charge in [0.2, 0.25) is 11.4 Å². The maximum atomic E-state index is 11.8. The van der Waals surface area contributed by atoms with E-state index in [4.69, 9.17) is 9.84 Å². The molecule has 100 valence electrons. The van der Waals surface area contributed by atoms with E-state index in [1.807, 2.05) is 0 Å². The Labute approximate surface area is 106 Å². The molecule has 1 aromatic rings. The van der Waals surface area contributed by atoms with E-state index in [0.717, 1.165) is 4.90 Å². The summed E-state index contributed by atoms with van der Waals surface area (Å²) in [6, 6.07) is 1.36. The van der Waals surface area contributed by atoms with Gasteiger partial charge in [-0.3, -0.25) is 9.69 Å². The molecule has 8 nitrogen and oxygen atoms in total. The second kappa shape index (κ2) is 3.82. The Bertz CT molecular complexity index is 566. The molecule has 1 amide bonds. The van der Waals surface area contributed by atoms with Crippen LogP contribution >= 0.6 is 0 Å². The average molecular weight is 266 g/mol. The van der Waals surface area contributed by atoms with Gasteiger partial charge in [0.15, 0.2) is 6.23 Å². The second-order valence-electron chi connectivity index (χ2n) is 4.19. The van der Waals surface area contributed by atoms with Crippen molar-refractivity contribution in [3.05, 3.63) is 29.9 Å². The first-order chi connectivity index (χ1) is 9.12. The number of hydrogen-bond acceptors (Lipinski definition) is 6. The largest absolute Gasteiger partial charge is 0.479 e. The summed E-state index contributed by atoms with van der Waals surface area (Å²) in [4.78, 5) is 24.6. The first kappa shape index (κ1) is 11.7. The van der Waals surface area contributed by atoms with E-state index in [-0.39, 0.29) is 23.8 Å². The Hall–Kier alpha value is -2.35. The molecule has 2 aliphatic rings. The minimum Gasteiger partial charge on any atom is -0.479 e. The molecule has 0 aromatic carbocycles. The lowest BCUT2D eigenvalue weighted by atomic mass is 9.88. The zero-order valence-electron chi connectivity index (χ0n) is 9.65. The van der Waals surface area contributed by atoms with Crippen LogP contribution in [0.15, 0.2) is 28.7 Å². The molecule has 0 spiro atoms. The van der Waals surface area contributed by atoms with E-state index in [9.17, 15) is 14.7 Å². The third kappa shape index (κ3) is 1.28. The van der Waals surface area contributed by atoms with Crippen molar-refractivity contribution in [3.63, 3.8) is 0 Å². The number of aliphatic hydroxyl groups excluding tert-OH is 1. The Balaban J connectivity index is 2.21. The summed E-state index contributed by atoms with van der Waals surface area (Å²) in [5, 5.41) is 22.2. The summed E-state index contributed by atoms with van der Waals surface area (Å²) in [7, 11) is 0. The van der Waals surface area contributed by atoms with E-state index in [0.29, 0.717) is 0 Å². The number of amides is 1.